The minimum Gasteiger partial charge on any atom is -0.290 e. The molecule has 0 spiro atoms. The van der Waals surface area contributed by atoms with Crippen molar-refractivity contribution in [3.8, 4) is 0 Å². The number of fused-ring (bicyclic) bond motifs is 1. The van der Waals surface area contributed by atoms with Crippen LogP contribution in [0.3, 0.4) is 0 Å². The summed E-state index contributed by atoms with van der Waals surface area (Å²) in [6.45, 7) is 7.51. The lowest BCUT2D eigenvalue weighted by Gasteiger charge is -2.26. The number of aromatic nitrogens is 2. The zero-order valence-electron chi connectivity index (χ0n) is 19.6. The van der Waals surface area contributed by atoms with E-state index >= 15 is 0 Å². The van der Waals surface area contributed by atoms with Crippen molar-refractivity contribution in [2.75, 3.05) is 5.32 Å². The fraction of sp³-hybridized carbons (Fsp3) is 0.320. The first-order valence-electron chi connectivity index (χ1n) is 11.1. The first-order chi connectivity index (χ1) is 16.0. The van der Waals surface area contributed by atoms with Crippen LogP contribution in [0.25, 0.3) is 0 Å². The predicted molar refractivity (Wildman–Crippen MR) is 128 cm³/mol. The predicted octanol–water partition coefficient (Wildman–Crippen LogP) is 3.94. The molecular weight excluding hydrogens is 455 g/mol. The largest absolute Gasteiger partial charge is 0.290 e. The summed E-state index contributed by atoms with van der Waals surface area (Å²) in [4.78, 5) is 21.4. The van der Waals surface area contributed by atoms with Crippen LogP contribution in [0.4, 0.5) is 10.3 Å². The number of nitrogens with zero attached hydrogens (tertiary/aromatic N) is 2. The molecule has 0 bridgehead atoms. The summed E-state index contributed by atoms with van der Waals surface area (Å²) in [5.74, 6) is -0.691. The molecule has 1 aromatic heterocycles. The van der Waals surface area contributed by atoms with Crippen molar-refractivity contribution in [2.24, 2.45) is 0 Å². The third-order valence-corrected chi connectivity index (χ3v) is 8.16. The molecule has 1 amide bonds. The summed E-state index contributed by atoms with van der Waals surface area (Å²) in [6, 6.07) is 6.93. The number of sulfonamides is 1. The number of rotatable bonds is 5. The zero-order valence-corrected chi connectivity index (χ0v) is 20.4. The maximum Gasteiger partial charge on any atom is 0.258 e. The topological polar surface area (TPSA) is 101 Å². The molecule has 0 saturated heterocycles. The number of halogens is 1. The smallest absolute Gasteiger partial charge is 0.258 e. The highest BCUT2D eigenvalue weighted by Crippen LogP contribution is 2.28. The van der Waals surface area contributed by atoms with Crippen molar-refractivity contribution in [1.82, 2.24) is 14.7 Å². The summed E-state index contributed by atoms with van der Waals surface area (Å²) < 4.78 is 42.5. The lowest BCUT2D eigenvalue weighted by atomic mass is 9.94. The van der Waals surface area contributed by atoms with Crippen molar-refractivity contribution < 1.29 is 17.6 Å². The van der Waals surface area contributed by atoms with Gasteiger partial charge in [-0.25, -0.2) is 27.5 Å². The molecule has 1 aliphatic carbocycles. The van der Waals surface area contributed by atoms with E-state index in [2.05, 4.69) is 20.0 Å². The summed E-state index contributed by atoms with van der Waals surface area (Å²) >= 11 is 0. The lowest BCUT2D eigenvalue weighted by molar-refractivity contribution is 0.102. The Kier molecular flexibility index (Phi) is 6.51. The Bertz CT molecular complexity index is 1350. The number of anilines is 1. The van der Waals surface area contributed by atoms with Crippen LogP contribution in [0.2, 0.25) is 0 Å². The molecule has 1 heterocycles. The fourth-order valence-corrected chi connectivity index (χ4v) is 6.19. The lowest BCUT2D eigenvalue weighted by Crippen LogP contribution is -2.39. The number of benzene rings is 2. The normalized spacial score (nSPS) is 15.6. The van der Waals surface area contributed by atoms with Crippen LogP contribution in [0, 0.1) is 33.5 Å². The summed E-state index contributed by atoms with van der Waals surface area (Å²) in [7, 11) is -3.70. The van der Waals surface area contributed by atoms with Gasteiger partial charge in [0.2, 0.25) is 16.0 Å². The van der Waals surface area contributed by atoms with Gasteiger partial charge in [-0.2, -0.15) is 0 Å². The molecule has 0 radical (unpaired) electrons. The molecule has 9 heteroatoms. The zero-order chi connectivity index (χ0) is 24.6. The van der Waals surface area contributed by atoms with Crippen LogP contribution in [0.1, 0.15) is 50.3 Å². The van der Waals surface area contributed by atoms with E-state index in [0.717, 1.165) is 33.5 Å². The number of hydrogen-bond donors (Lipinski definition) is 2. The molecule has 1 atom stereocenters. The van der Waals surface area contributed by atoms with E-state index in [9.17, 15) is 17.6 Å². The highest BCUT2D eigenvalue weighted by Gasteiger charge is 2.28. The monoisotopic (exact) mass is 482 g/mol. The second-order valence-electron chi connectivity index (χ2n) is 8.78. The number of carbonyl (C=O) groups excluding carboxylic acids is 1. The molecule has 7 nitrogen and oxygen atoms in total. The molecule has 2 aromatic carbocycles. The van der Waals surface area contributed by atoms with Gasteiger partial charge in [-0.1, -0.05) is 6.07 Å². The molecule has 0 aliphatic heterocycles. The van der Waals surface area contributed by atoms with Crippen molar-refractivity contribution in [3.05, 3.63) is 81.4 Å². The fourth-order valence-electron chi connectivity index (χ4n) is 4.31. The summed E-state index contributed by atoms with van der Waals surface area (Å²) in [5.41, 5.74) is 5.33. The first kappa shape index (κ1) is 24.0. The standard InChI is InChI=1S/C25H27FN4O3S/c1-14-11-15(2)17(4)23(16(14)3)34(32,33)30-21-9-10-22-19(12-21)13-27-25(28-22)29-24(31)18-5-7-20(26)8-6-18/h5-8,11,13,21,30H,9-10,12H2,1-4H3,(H,27,28,29,31). The average Bonchev–Trinajstić information content (AvgIpc) is 2.78. The summed E-state index contributed by atoms with van der Waals surface area (Å²) in [6.07, 6.45) is 3.22. The van der Waals surface area contributed by atoms with Gasteiger partial charge >= 0.3 is 0 Å². The molecule has 2 N–H and O–H groups in total. The van der Waals surface area contributed by atoms with Crippen LogP contribution >= 0.6 is 0 Å². The molecule has 1 unspecified atom stereocenters. The van der Waals surface area contributed by atoms with Gasteiger partial charge in [0, 0.05) is 23.5 Å². The third kappa shape index (κ3) is 4.85. The first-order valence-corrected chi connectivity index (χ1v) is 12.5. The Morgan fingerprint density at radius 2 is 1.71 bits per heavy atom. The quantitative estimate of drug-likeness (QED) is 0.574. The molecule has 1 aliphatic rings. The van der Waals surface area contributed by atoms with E-state index in [1.165, 1.54) is 24.3 Å². The molecule has 0 fully saturated rings. The number of carbonyl (C=O) groups is 1. The molecule has 4 rings (SSSR count). The van der Waals surface area contributed by atoms with Crippen molar-refractivity contribution in [1.29, 1.82) is 0 Å². The second-order valence-corrected chi connectivity index (χ2v) is 10.4. The van der Waals surface area contributed by atoms with Crippen LogP contribution in [-0.4, -0.2) is 30.3 Å². The van der Waals surface area contributed by atoms with Gasteiger partial charge in [0.25, 0.3) is 5.91 Å². The molecule has 34 heavy (non-hydrogen) atoms. The average molecular weight is 483 g/mol. The van der Waals surface area contributed by atoms with Crippen molar-refractivity contribution in [2.45, 2.75) is 57.9 Å². The van der Waals surface area contributed by atoms with E-state index in [1.807, 2.05) is 33.8 Å². The Labute approximate surface area is 198 Å². The Morgan fingerprint density at radius 3 is 2.35 bits per heavy atom. The molecular formula is C25H27FN4O3S. The molecule has 178 valence electrons. The number of aryl methyl sites for hydroxylation is 3. The van der Waals surface area contributed by atoms with Gasteiger partial charge < -0.3 is 0 Å². The second kappa shape index (κ2) is 9.23. The van der Waals surface area contributed by atoms with Gasteiger partial charge in [0.05, 0.1) is 4.90 Å². The van der Waals surface area contributed by atoms with Gasteiger partial charge in [-0.05, 0) is 99.0 Å². The van der Waals surface area contributed by atoms with Gasteiger partial charge in [0.1, 0.15) is 5.82 Å². The minimum atomic E-state index is -3.70. The third-order valence-electron chi connectivity index (χ3n) is 6.37. The van der Waals surface area contributed by atoms with E-state index < -0.39 is 21.7 Å². The van der Waals surface area contributed by atoms with Crippen LogP contribution in [0.5, 0.6) is 0 Å². The Hall–Kier alpha value is -3.17. The number of amides is 1. The maximum absolute atomic E-state index is 13.3. The van der Waals surface area contributed by atoms with Gasteiger partial charge in [-0.15, -0.1) is 0 Å². The summed E-state index contributed by atoms with van der Waals surface area (Å²) in [5, 5.41) is 2.63. The number of hydrogen-bond acceptors (Lipinski definition) is 5. The molecule has 3 aromatic rings. The SMILES string of the molecule is Cc1cc(C)c(C)c(S(=O)(=O)NC2CCc3nc(NC(=O)c4ccc(F)cc4)ncc3C2)c1C. The van der Waals surface area contributed by atoms with E-state index in [4.69, 9.17) is 0 Å². The van der Waals surface area contributed by atoms with Crippen LogP contribution in [0.15, 0.2) is 41.4 Å². The minimum absolute atomic E-state index is 0.161. The van der Waals surface area contributed by atoms with Crippen molar-refractivity contribution in [3.63, 3.8) is 0 Å². The van der Waals surface area contributed by atoms with Crippen LogP contribution in [-0.2, 0) is 22.9 Å². The van der Waals surface area contributed by atoms with Crippen molar-refractivity contribution >= 4 is 21.9 Å². The maximum atomic E-state index is 13.3. The van der Waals surface area contributed by atoms with E-state index in [1.54, 1.807) is 6.20 Å². The highest BCUT2D eigenvalue weighted by molar-refractivity contribution is 7.89. The van der Waals surface area contributed by atoms with E-state index in [0.29, 0.717) is 29.7 Å². The molecule has 0 saturated carbocycles. The van der Waals surface area contributed by atoms with E-state index in [-0.39, 0.29) is 12.0 Å². The Balaban J connectivity index is 1.48. The van der Waals surface area contributed by atoms with Gasteiger partial charge in [0.15, 0.2) is 0 Å². The highest BCUT2D eigenvalue weighted by atomic mass is 32.2. The van der Waals surface area contributed by atoms with Crippen LogP contribution < -0.4 is 10.0 Å². The van der Waals surface area contributed by atoms with Gasteiger partial charge in [-0.3, -0.25) is 10.1 Å². The Morgan fingerprint density at radius 1 is 1.06 bits per heavy atom. The number of nitrogens with one attached hydrogen (secondary N) is 2.